The Labute approximate surface area is 165 Å². The van der Waals surface area contributed by atoms with Crippen LogP contribution < -0.4 is 10.0 Å². The third-order valence-corrected chi connectivity index (χ3v) is 4.91. The van der Waals surface area contributed by atoms with Gasteiger partial charge in [0.1, 0.15) is 0 Å². The predicted molar refractivity (Wildman–Crippen MR) is 103 cm³/mol. The van der Waals surface area contributed by atoms with E-state index >= 15 is 0 Å². The lowest BCUT2D eigenvalue weighted by atomic mass is 10.1. The van der Waals surface area contributed by atoms with Gasteiger partial charge in [-0.2, -0.15) is 0 Å². The molecular weight excluding hydrogens is 386 g/mol. The molecule has 0 bridgehead atoms. The largest absolute Gasteiger partial charge is 0.452 e. The van der Waals surface area contributed by atoms with Gasteiger partial charge in [0.2, 0.25) is 15.9 Å². The number of nitrogens with one attached hydrogen (secondary N) is 2. The number of benzene rings is 1. The predicted octanol–water partition coefficient (Wildman–Crippen LogP) is 0.515. The summed E-state index contributed by atoms with van der Waals surface area (Å²) < 4.78 is 31.3. The first kappa shape index (κ1) is 23.6. The molecule has 2 N–H and O–H groups in total. The lowest BCUT2D eigenvalue weighted by Gasteiger charge is -2.23. The molecule has 1 aromatic rings. The Morgan fingerprint density at radius 2 is 1.82 bits per heavy atom. The third-order valence-electron chi connectivity index (χ3n) is 3.36. The number of nitrogens with zero attached hydrogens (tertiary/aromatic N) is 1. The monoisotopic (exact) mass is 413 g/mol. The second kappa shape index (κ2) is 9.65. The first-order valence-corrected chi connectivity index (χ1v) is 10.2. The van der Waals surface area contributed by atoms with Crippen molar-refractivity contribution in [1.82, 2.24) is 14.9 Å². The first-order valence-electron chi connectivity index (χ1n) is 8.67. The number of likely N-dealkylation sites (N-methyl/N-ethyl adjacent to an activating group) is 1. The van der Waals surface area contributed by atoms with Crippen LogP contribution in [-0.4, -0.2) is 63.4 Å². The van der Waals surface area contributed by atoms with Crippen LogP contribution >= 0.6 is 0 Å². The number of rotatable bonds is 8. The van der Waals surface area contributed by atoms with E-state index in [0.29, 0.717) is 0 Å². The summed E-state index contributed by atoms with van der Waals surface area (Å²) in [6, 6.07) is 5.32. The van der Waals surface area contributed by atoms with Crippen molar-refractivity contribution in [3.05, 3.63) is 29.8 Å². The Balaban J connectivity index is 2.67. The quantitative estimate of drug-likeness (QED) is 0.599. The fraction of sp³-hybridized carbons (Fsp3) is 0.500. The zero-order valence-electron chi connectivity index (χ0n) is 16.7. The highest BCUT2D eigenvalue weighted by atomic mass is 32.2. The van der Waals surface area contributed by atoms with Gasteiger partial charge in [-0.05, 0) is 39.0 Å². The second-order valence-corrected chi connectivity index (χ2v) is 8.92. The van der Waals surface area contributed by atoms with Gasteiger partial charge in [0.05, 0.1) is 17.0 Å². The molecule has 0 saturated carbocycles. The molecule has 0 heterocycles. The van der Waals surface area contributed by atoms with Crippen LogP contribution in [0.3, 0.4) is 0 Å². The maximum Gasteiger partial charge on any atom is 0.338 e. The average molecular weight is 413 g/mol. The van der Waals surface area contributed by atoms with E-state index in [0.717, 1.165) is 4.90 Å². The highest BCUT2D eigenvalue weighted by Gasteiger charge is 2.20. The van der Waals surface area contributed by atoms with Crippen LogP contribution in [0.4, 0.5) is 0 Å². The number of hydrogen-bond donors (Lipinski definition) is 2. The van der Waals surface area contributed by atoms with Gasteiger partial charge in [-0.1, -0.05) is 13.0 Å². The molecule has 0 radical (unpaired) electrons. The minimum atomic E-state index is -3.72. The van der Waals surface area contributed by atoms with Gasteiger partial charge in [0.25, 0.3) is 5.91 Å². The van der Waals surface area contributed by atoms with Gasteiger partial charge >= 0.3 is 5.97 Å². The molecule has 0 aliphatic heterocycles. The van der Waals surface area contributed by atoms with Crippen molar-refractivity contribution in [3.8, 4) is 0 Å². The summed E-state index contributed by atoms with van der Waals surface area (Å²) in [4.78, 5) is 37.1. The zero-order valence-corrected chi connectivity index (χ0v) is 17.6. The molecule has 1 rings (SSSR count). The van der Waals surface area contributed by atoms with E-state index in [1.54, 1.807) is 6.92 Å². The third kappa shape index (κ3) is 7.65. The number of carbonyl (C=O) groups excluding carboxylic acids is 3. The summed E-state index contributed by atoms with van der Waals surface area (Å²) >= 11 is 0. The molecule has 0 spiro atoms. The summed E-state index contributed by atoms with van der Waals surface area (Å²) in [6.07, 6.45) is 0. The molecule has 28 heavy (non-hydrogen) atoms. The molecule has 1 aromatic carbocycles. The van der Waals surface area contributed by atoms with E-state index in [9.17, 15) is 22.8 Å². The van der Waals surface area contributed by atoms with E-state index in [1.165, 1.54) is 31.3 Å². The lowest BCUT2D eigenvalue weighted by molar-refractivity contribution is -0.137. The number of hydrogen-bond acceptors (Lipinski definition) is 6. The van der Waals surface area contributed by atoms with Crippen molar-refractivity contribution in [2.75, 3.05) is 26.7 Å². The van der Waals surface area contributed by atoms with Gasteiger partial charge in [0, 0.05) is 19.1 Å². The standard InChI is InChI=1S/C18H27N3O6S/c1-6-19-28(25,26)14-9-7-8-13(10-14)17(24)27-12-16(23)21(5)11-15(22)20-18(2,3)4/h7-10,19H,6,11-12H2,1-5H3,(H,20,22). The van der Waals surface area contributed by atoms with E-state index in [1.807, 2.05) is 20.8 Å². The van der Waals surface area contributed by atoms with Crippen LogP contribution in [0.1, 0.15) is 38.1 Å². The molecular formula is C18H27N3O6S. The van der Waals surface area contributed by atoms with Gasteiger partial charge in [-0.15, -0.1) is 0 Å². The maximum absolute atomic E-state index is 12.1. The Hall–Kier alpha value is -2.46. The molecule has 10 heteroatoms. The van der Waals surface area contributed by atoms with Crippen molar-refractivity contribution in [3.63, 3.8) is 0 Å². The van der Waals surface area contributed by atoms with Crippen molar-refractivity contribution in [2.45, 2.75) is 38.1 Å². The lowest BCUT2D eigenvalue weighted by Crippen LogP contribution is -2.46. The minimum absolute atomic E-state index is 0.0000863. The highest BCUT2D eigenvalue weighted by molar-refractivity contribution is 7.89. The normalized spacial score (nSPS) is 11.6. The number of esters is 1. The van der Waals surface area contributed by atoms with Crippen LogP contribution in [0.5, 0.6) is 0 Å². The number of ether oxygens (including phenoxy) is 1. The van der Waals surface area contributed by atoms with Crippen molar-refractivity contribution >= 4 is 27.8 Å². The van der Waals surface area contributed by atoms with Gasteiger partial charge < -0.3 is 15.0 Å². The number of sulfonamides is 1. The highest BCUT2D eigenvalue weighted by Crippen LogP contribution is 2.12. The van der Waals surface area contributed by atoms with Crippen LogP contribution in [0.2, 0.25) is 0 Å². The second-order valence-electron chi connectivity index (χ2n) is 7.15. The number of carbonyl (C=O) groups is 3. The summed E-state index contributed by atoms with van der Waals surface area (Å²) in [5.41, 5.74) is -0.425. The van der Waals surface area contributed by atoms with E-state index in [-0.39, 0.29) is 29.5 Å². The SMILES string of the molecule is CCNS(=O)(=O)c1cccc(C(=O)OCC(=O)N(C)CC(=O)NC(C)(C)C)c1. The summed E-state index contributed by atoms with van der Waals surface area (Å²) in [7, 11) is -2.30. The topological polar surface area (TPSA) is 122 Å². The maximum atomic E-state index is 12.1. The minimum Gasteiger partial charge on any atom is -0.452 e. The zero-order chi connectivity index (χ0) is 21.5. The molecule has 0 aromatic heterocycles. The Morgan fingerprint density at radius 3 is 2.39 bits per heavy atom. The molecule has 0 saturated heterocycles. The molecule has 0 atom stereocenters. The first-order chi connectivity index (χ1) is 12.9. The van der Waals surface area contributed by atoms with Crippen molar-refractivity contribution in [2.24, 2.45) is 0 Å². The fourth-order valence-electron chi connectivity index (χ4n) is 2.15. The van der Waals surface area contributed by atoms with Crippen molar-refractivity contribution in [1.29, 1.82) is 0 Å². The average Bonchev–Trinajstić information content (AvgIpc) is 2.57. The van der Waals surface area contributed by atoms with Gasteiger partial charge in [0.15, 0.2) is 6.61 Å². The van der Waals surface area contributed by atoms with Crippen LogP contribution in [-0.2, 0) is 24.3 Å². The molecule has 2 amide bonds. The Morgan fingerprint density at radius 1 is 1.18 bits per heavy atom. The summed E-state index contributed by atoms with van der Waals surface area (Å²) in [6.45, 7) is 6.56. The van der Waals surface area contributed by atoms with Gasteiger partial charge in [-0.25, -0.2) is 17.9 Å². The van der Waals surface area contributed by atoms with E-state index in [4.69, 9.17) is 4.74 Å². The summed E-state index contributed by atoms with van der Waals surface area (Å²) in [5, 5.41) is 2.72. The Kier molecular flexibility index (Phi) is 8.13. The van der Waals surface area contributed by atoms with E-state index < -0.39 is 34.0 Å². The van der Waals surface area contributed by atoms with Gasteiger partial charge in [-0.3, -0.25) is 9.59 Å². The molecule has 0 fully saturated rings. The van der Waals surface area contributed by atoms with Crippen LogP contribution in [0.15, 0.2) is 29.2 Å². The fourth-order valence-corrected chi connectivity index (χ4v) is 3.23. The van der Waals surface area contributed by atoms with Crippen molar-refractivity contribution < 1.29 is 27.5 Å². The Bertz CT molecular complexity index is 830. The summed E-state index contributed by atoms with van der Waals surface area (Å²) in [5.74, 6) is -1.74. The van der Waals surface area contributed by atoms with Crippen LogP contribution in [0.25, 0.3) is 0 Å². The molecule has 0 unspecified atom stereocenters. The van der Waals surface area contributed by atoms with Crippen LogP contribution in [0, 0.1) is 0 Å². The molecule has 0 aliphatic carbocycles. The van der Waals surface area contributed by atoms with E-state index in [2.05, 4.69) is 10.0 Å². The molecule has 156 valence electrons. The molecule has 9 nitrogen and oxygen atoms in total. The number of amides is 2. The smallest absolute Gasteiger partial charge is 0.338 e. The molecule has 0 aliphatic rings.